The zero-order valence-electron chi connectivity index (χ0n) is 18.1. The Kier molecular flexibility index (Phi) is 8.63. The molecule has 1 aliphatic heterocycles. The van der Waals surface area contributed by atoms with Crippen molar-refractivity contribution in [3.63, 3.8) is 0 Å². The molecule has 1 fully saturated rings. The van der Waals surface area contributed by atoms with E-state index in [-0.39, 0.29) is 17.4 Å². The number of carbonyl (C=O) groups excluding carboxylic acids is 1. The molecule has 1 atom stereocenters. The zero-order chi connectivity index (χ0) is 21.3. The van der Waals surface area contributed by atoms with E-state index in [4.69, 9.17) is 4.42 Å². The smallest absolute Gasteiger partial charge is 0.232 e. The van der Waals surface area contributed by atoms with Crippen molar-refractivity contribution in [3.05, 3.63) is 41.3 Å². The highest BCUT2D eigenvalue weighted by Crippen LogP contribution is 2.23. The summed E-state index contributed by atoms with van der Waals surface area (Å²) in [6.07, 6.45) is 6.05. The van der Waals surface area contributed by atoms with Crippen LogP contribution in [-0.4, -0.2) is 51.9 Å². The lowest BCUT2D eigenvalue weighted by molar-refractivity contribution is -0.118. The molecule has 0 aliphatic carbocycles. The number of aromatic nitrogens is 1. The fraction of sp³-hybridized carbons (Fsp3) is 0.565. The average Bonchev–Trinajstić information content (AvgIpc) is 2.93. The van der Waals surface area contributed by atoms with Crippen molar-refractivity contribution in [2.45, 2.75) is 51.7 Å². The van der Waals surface area contributed by atoms with E-state index < -0.39 is 10.8 Å². The third kappa shape index (κ3) is 6.77. The van der Waals surface area contributed by atoms with Gasteiger partial charge in [0.15, 0.2) is 0 Å². The first-order valence-electron chi connectivity index (χ1n) is 10.9. The van der Waals surface area contributed by atoms with Crippen molar-refractivity contribution in [1.29, 1.82) is 0 Å². The van der Waals surface area contributed by atoms with Crippen molar-refractivity contribution in [2.75, 3.05) is 31.9 Å². The molecule has 1 aromatic heterocycles. The lowest BCUT2D eigenvalue weighted by atomic mass is 10.1. The van der Waals surface area contributed by atoms with Gasteiger partial charge in [0.25, 0.3) is 0 Å². The first-order chi connectivity index (χ1) is 14.5. The van der Waals surface area contributed by atoms with Gasteiger partial charge in [0, 0.05) is 29.5 Å². The summed E-state index contributed by atoms with van der Waals surface area (Å²) in [6.45, 7) is 7.62. The summed E-state index contributed by atoms with van der Waals surface area (Å²) >= 11 is 0. The number of nitrogens with zero attached hydrogens (tertiary/aromatic N) is 2. The predicted molar refractivity (Wildman–Crippen MR) is 121 cm³/mol. The highest BCUT2D eigenvalue weighted by molar-refractivity contribution is 7.84. The van der Waals surface area contributed by atoms with Gasteiger partial charge in [-0.05, 0) is 57.0 Å². The number of benzene rings is 1. The molecule has 1 aliphatic rings. The number of hydrogen-bond donors (Lipinski definition) is 1. The lowest BCUT2D eigenvalue weighted by Crippen LogP contribution is -2.37. The maximum Gasteiger partial charge on any atom is 0.232 e. The molecule has 1 aromatic carbocycles. The minimum Gasteiger partial charge on any atom is -0.441 e. The van der Waals surface area contributed by atoms with Gasteiger partial charge in [0.2, 0.25) is 11.8 Å². The summed E-state index contributed by atoms with van der Waals surface area (Å²) in [4.78, 5) is 19.1. The van der Waals surface area contributed by atoms with Crippen LogP contribution < -0.4 is 5.32 Å². The highest BCUT2D eigenvalue weighted by atomic mass is 32.2. The first kappa shape index (κ1) is 22.7. The summed E-state index contributed by atoms with van der Waals surface area (Å²) in [7, 11) is -1.32. The number of amides is 1. The minimum atomic E-state index is -1.32. The van der Waals surface area contributed by atoms with Crippen molar-refractivity contribution in [1.82, 2.24) is 15.2 Å². The molecule has 6 nitrogen and oxygen atoms in total. The minimum absolute atomic E-state index is 0.00711. The third-order valence-electron chi connectivity index (χ3n) is 5.54. The van der Waals surface area contributed by atoms with Gasteiger partial charge in [-0.1, -0.05) is 31.9 Å². The van der Waals surface area contributed by atoms with Gasteiger partial charge in [-0.3, -0.25) is 9.00 Å². The number of oxazole rings is 1. The van der Waals surface area contributed by atoms with Crippen LogP contribution in [0.15, 0.2) is 28.7 Å². The van der Waals surface area contributed by atoms with Crippen molar-refractivity contribution < 1.29 is 13.4 Å². The average molecular weight is 432 g/mol. The van der Waals surface area contributed by atoms with Crippen LogP contribution in [0.5, 0.6) is 0 Å². The molecular formula is C23H33N3O3S. The molecule has 164 valence electrons. The Bertz CT molecular complexity index is 840. The van der Waals surface area contributed by atoms with Gasteiger partial charge >= 0.3 is 0 Å². The molecule has 0 radical (unpaired) electrons. The number of nitrogens with one attached hydrogen (secondary N) is 1. The number of likely N-dealkylation sites (tertiary alicyclic amines) is 1. The van der Waals surface area contributed by atoms with Gasteiger partial charge in [-0.15, -0.1) is 0 Å². The van der Waals surface area contributed by atoms with E-state index in [0.717, 1.165) is 31.6 Å². The summed E-state index contributed by atoms with van der Waals surface area (Å²) < 4.78 is 18.2. The van der Waals surface area contributed by atoms with Crippen molar-refractivity contribution >= 4 is 16.7 Å². The fourth-order valence-electron chi connectivity index (χ4n) is 3.68. The van der Waals surface area contributed by atoms with Crippen molar-refractivity contribution in [2.24, 2.45) is 0 Å². The molecule has 0 unspecified atom stereocenters. The van der Waals surface area contributed by atoms with Gasteiger partial charge in [0.05, 0.1) is 11.4 Å². The van der Waals surface area contributed by atoms with Crippen LogP contribution in [0.25, 0.3) is 11.5 Å². The second-order valence-corrected chi connectivity index (χ2v) is 9.36. The molecule has 3 rings (SSSR count). The van der Waals surface area contributed by atoms with E-state index in [1.165, 1.54) is 31.2 Å². The van der Waals surface area contributed by atoms with Crippen LogP contribution in [0.4, 0.5) is 0 Å². The zero-order valence-corrected chi connectivity index (χ0v) is 18.9. The van der Waals surface area contributed by atoms with Gasteiger partial charge in [-0.2, -0.15) is 0 Å². The Morgan fingerprint density at radius 3 is 2.53 bits per heavy atom. The number of carbonyl (C=O) groups is 1. The second kappa shape index (κ2) is 11.4. The molecule has 7 heteroatoms. The summed E-state index contributed by atoms with van der Waals surface area (Å²) in [6, 6.07) is 8.09. The first-order valence-corrected chi connectivity index (χ1v) is 12.4. The molecule has 0 bridgehead atoms. The van der Waals surface area contributed by atoms with E-state index in [1.54, 1.807) is 0 Å². The van der Waals surface area contributed by atoms with Crippen LogP contribution in [0, 0.1) is 6.92 Å². The van der Waals surface area contributed by atoms with E-state index in [0.29, 0.717) is 23.9 Å². The van der Waals surface area contributed by atoms with E-state index in [2.05, 4.69) is 34.3 Å². The molecule has 1 saturated heterocycles. The highest BCUT2D eigenvalue weighted by Gasteiger charge is 2.16. The molecular weight excluding hydrogens is 398 g/mol. The molecule has 1 N–H and O–H groups in total. The van der Waals surface area contributed by atoms with Crippen LogP contribution in [0.1, 0.15) is 49.6 Å². The standard InChI is InChI=1S/C23H33N3O3S/c1-3-19-8-10-20(11-9-19)23-25-21(18(2)29-23)16-30(28)17-22(27)24-12-15-26-13-6-4-5-7-14-26/h8-11H,3-7,12-17H2,1-2H3,(H,24,27)/t30-/m0/s1. The Morgan fingerprint density at radius 1 is 1.17 bits per heavy atom. The summed E-state index contributed by atoms with van der Waals surface area (Å²) in [5.41, 5.74) is 2.81. The Hall–Kier alpha value is -1.99. The van der Waals surface area contributed by atoms with E-state index >= 15 is 0 Å². The quantitative estimate of drug-likeness (QED) is 0.658. The Morgan fingerprint density at radius 2 is 1.87 bits per heavy atom. The summed E-state index contributed by atoms with van der Waals surface area (Å²) in [5, 5.41) is 2.91. The maximum absolute atomic E-state index is 12.5. The normalized spacial score (nSPS) is 16.2. The lowest BCUT2D eigenvalue weighted by Gasteiger charge is -2.19. The SMILES string of the molecule is CCc1ccc(-c2nc(C[S@](=O)CC(=O)NCCN3CCCCCC3)c(C)o2)cc1. The molecule has 2 aromatic rings. The second-order valence-electron chi connectivity index (χ2n) is 7.91. The summed E-state index contributed by atoms with van der Waals surface area (Å²) in [5.74, 6) is 1.23. The molecule has 30 heavy (non-hydrogen) atoms. The van der Waals surface area contributed by atoms with Crippen LogP contribution >= 0.6 is 0 Å². The molecule has 0 saturated carbocycles. The predicted octanol–water partition coefficient (Wildman–Crippen LogP) is 3.45. The Labute approximate surface area is 181 Å². The third-order valence-corrected chi connectivity index (χ3v) is 6.72. The van der Waals surface area contributed by atoms with E-state index in [1.807, 2.05) is 19.1 Å². The number of rotatable bonds is 9. The van der Waals surface area contributed by atoms with Crippen LogP contribution in [0.3, 0.4) is 0 Å². The van der Waals surface area contributed by atoms with E-state index in [9.17, 15) is 9.00 Å². The fourth-order valence-corrected chi connectivity index (χ4v) is 4.75. The van der Waals surface area contributed by atoms with Crippen molar-refractivity contribution in [3.8, 4) is 11.5 Å². The van der Waals surface area contributed by atoms with Gasteiger partial charge in [0.1, 0.15) is 11.5 Å². The van der Waals surface area contributed by atoms with Gasteiger partial charge < -0.3 is 14.6 Å². The molecule has 0 spiro atoms. The monoisotopic (exact) mass is 431 g/mol. The van der Waals surface area contributed by atoms with Gasteiger partial charge in [-0.25, -0.2) is 4.98 Å². The topological polar surface area (TPSA) is 75.4 Å². The molecule has 2 heterocycles. The number of aryl methyl sites for hydroxylation is 2. The number of hydrogen-bond acceptors (Lipinski definition) is 5. The van der Waals surface area contributed by atoms with Crippen LogP contribution in [-0.2, 0) is 27.8 Å². The molecule has 1 amide bonds. The van der Waals surface area contributed by atoms with Crippen LogP contribution in [0.2, 0.25) is 0 Å². The maximum atomic E-state index is 12.5. The Balaban J connectivity index is 1.45. The largest absolute Gasteiger partial charge is 0.441 e.